The van der Waals surface area contributed by atoms with E-state index in [0.29, 0.717) is 0 Å². The van der Waals surface area contributed by atoms with Gasteiger partial charge in [-0.1, -0.05) is 0 Å². The molecule has 4 heteroatoms. The number of fused-ring (bicyclic) bond motifs is 3. The van der Waals surface area contributed by atoms with Crippen LogP contribution in [0.1, 0.15) is 20.3 Å². The van der Waals surface area contributed by atoms with Gasteiger partial charge in [0.15, 0.2) is 0 Å². The predicted molar refractivity (Wildman–Crippen MR) is 64.8 cm³/mol. The Bertz CT molecular complexity index is 465. The monoisotopic (exact) mass is 265 g/mol. The highest BCUT2D eigenvalue weighted by Crippen LogP contribution is 2.46. The molecule has 3 rings (SSSR count). The van der Waals surface area contributed by atoms with Gasteiger partial charge in [-0.2, -0.15) is 0 Å². The van der Waals surface area contributed by atoms with Gasteiger partial charge in [0.05, 0.1) is 17.6 Å². The van der Waals surface area contributed by atoms with Gasteiger partial charge in [-0.15, -0.1) is 0 Å². The lowest BCUT2D eigenvalue weighted by molar-refractivity contribution is 0.532. The molecule has 0 unspecified atom stereocenters. The Morgan fingerprint density at radius 1 is 1.53 bits per heavy atom. The molecule has 0 aliphatic carbocycles. The second kappa shape index (κ2) is 2.76. The van der Waals surface area contributed by atoms with Gasteiger partial charge in [0.25, 0.3) is 0 Å². The fourth-order valence-corrected chi connectivity index (χ4v) is 2.58. The fourth-order valence-electron chi connectivity index (χ4n) is 2.26. The Morgan fingerprint density at radius 3 is 3.13 bits per heavy atom. The van der Waals surface area contributed by atoms with Crippen molar-refractivity contribution in [3.05, 3.63) is 28.8 Å². The van der Waals surface area contributed by atoms with Crippen LogP contribution in [0.25, 0.3) is 0 Å². The topological polar surface area (TPSA) is 28.2 Å². The fraction of sp³-hybridized carbons (Fsp3) is 0.364. The van der Waals surface area contributed by atoms with Gasteiger partial charge in [-0.25, -0.2) is 4.98 Å². The number of anilines is 2. The summed E-state index contributed by atoms with van der Waals surface area (Å²) in [6, 6.07) is 2.07. The van der Waals surface area contributed by atoms with Crippen LogP contribution in [0.4, 0.5) is 11.4 Å². The Hall–Kier alpha value is -1.03. The SMILES string of the molecule is CC1(C)CC=C2Nc3cnc(Br)cc3N21. The average molecular weight is 266 g/mol. The van der Waals surface area contributed by atoms with E-state index in [-0.39, 0.29) is 5.54 Å². The molecule has 0 spiro atoms. The van der Waals surface area contributed by atoms with Crippen molar-refractivity contribution >= 4 is 27.3 Å². The van der Waals surface area contributed by atoms with Crippen LogP contribution >= 0.6 is 15.9 Å². The summed E-state index contributed by atoms with van der Waals surface area (Å²) >= 11 is 3.41. The molecule has 2 aliphatic heterocycles. The molecule has 1 N–H and O–H groups in total. The third-order valence-electron chi connectivity index (χ3n) is 2.99. The summed E-state index contributed by atoms with van der Waals surface area (Å²) in [6.07, 6.45) is 5.19. The standard InChI is InChI=1S/C11H12BrN3/c1-11(2)4-3-10-14-7-6-13-9(12)5-8(7)15(10)11/h3,5-6,14H,4H2,1-2H3. The molecular weight excluding hydrogens is 254 g/mol. The summed E-state index contributed by atoms with van der Waals surface area (Å²) in [4.78, 5) is 6.57. The number of hydrogen-bond donors (Lipinski definition) is 1. The molecule has 3 heterocycles. The minimum atomic E-state index is 0.161. The van der Waals surface area contributed by atoms with Crippen molar-refractivity contribution in [3.63, 3.8) is 0 Å². The largest absolute Gasteiger partial charge is 0.339 e. The van der Waals surface area contributed by atoms with Crippen molar-refractivity contribution in [2.75, 3.05) is 10.2 Å². The van der Waals surface area contributed by atoms with E-state index in [0.717, 1.165) is 16.7 Å². The quantitative estimate of drug-likeness (QED) is 0.731. The van der Waals surface area contributed by atoms with Gasteiger partial charge < -0.3 is 10.2 Å². The molecule has 1 aromatic rings. The molecule has 0 radical (unpaired) electrons. The average Bonchev–Trinajstić information content (AvgIpc) is 2.65. The van der Waals surface area contributed by atoms with Crippen molar-refractivity contribution in [3.8, 4) is 0 Å². The molecule has 0 atom stereocenters. The maximum Gasteiger partial charge on any atom is 0.108 e. The number of aromatic nitrogens is 1. The molecule has 0 bridgehead atoms. The van der Waals surface area contributed by atoms with Gasteiger partial charge in [0.2, 0.25) is 0 Å². The number of nitrogens with zero attached hydrogens (tertiary/aromatic N) is 2. The Labute approximate surface area is 97.3 Å². The molecular formula is C11H12BrN3. The first-order valence-corrected chi connectivity index (χ1v) is 5.80. The summed E-state index contributed by atoms with van der Waals surface area (Å²) in [5.74, 6) is 1.19. The molecule has 15 heavy (non-hydrogen) atoms. The van der Waals surface area contributed by atoms with Gasteiger partial charge >= 0.3 is 0 Å². The lowest BCUT2D eigenvalue weighted by Gasteiger charge is -2.31. The van der Waals surface area contributed by atoms with Crippen molar-refractivity contribution in [1.29, 1.82) is 0 Å². The highest BCUT2D eigenvalue weighted by atomic mass is 79.9. The van der Waals surface area contributed by atoms with E-state index in [9.17, 15) is 0 Å². The zero-order valence-corrected chi connectivity index (χ0v) is 10.3. The molecule has 0 fully saturated rings. The van der Waals surface area contributed by atoms with Crippen molar-refractivity contribution < 1.29 is 0 Å². The van der Waals surface area contributed by atoms with Gasteiger partial charge in [0.1, 0.15) is 10.4 Å². The molecule has 0 saturated heterocycles. The number of hydrogen-bond acceptors (Lipinski definition) is 3. The van der Waals surface area contributed by atoms with Gasteiger partial charge in [-0.05, 0) is 48.3 Å². The molecule has 0 amide bonds. The predicted octanol–water partition coefficient (Wildman–Crippen LogP) is 3.10. The van der Waals surface area contributed by atoms with Crippen LogP contribution < -0.4 is 10.2 Å². The third-order valence-corrected chi connectivity index (χ3v) is 3.43. The molecule has 2 aliphatic rings. The number of pyridine rings is 1. The first kappa shape index (κ1) is 9.21. The summed E-state index contributed by atoms with van der Waals surface area (Å²) < 4.78 is 0.881. The minimum Gasteiger partial charge on any atom is -0.339 e. The number of nitrogens with one attached hydrogen (secondary N) is 1. The highest BCUT2D eigenvalue weighted by Gasteiger charge is 2.39. The highest BCUT2D eigenvalue weighted by molar-refractivity contribution is 9.10. The van der Waals surface area contributed by atoms with E-state index in [4.69, 9.17) is 0 Å². The molecule has 0 aromatic carbocycles. The Balaban J connectivity index is 2.16. The van der Waals surface area contributed by atoms with Gasteiger partial charge in [0, 0.05) is 5.54 Å². The molecule has 0 saturated carbocycles. The Morgan fingerprint density at radius 2 is 2.33 bits per heavy atom. The smallest absolute Gasteiger partial charge is 0.108 e. The molecule has 3 nitrogen and oxygen atoms in total. The van der Waals surface area contributed by atoms with Crippen LogP contribution in [0.15, 0.2) is 28.8 Å². The van der Waals surface area contributed by atoms with Crippen LogP contribution in [-0.4, -0.2) is 10.5 Å². The van der Waals surface area contributed by atoms with Crippen LogP contribution in [0, 0.1) is 0 Å². The second-order valence-electron chi connectivity index (χ2n) is 4.59. The van der Waals surface area contributed by atoms with Gasteiger partial charge in [-0.3, -0.25) is 0 Å². The first-order valence-electron chi connectivity index (χ1n) is 5.01. The summed E-state index contributed by atoms with van der Waals surface area (Å²) in [5, 5.41) is 3.38. The van der Waals surface area contributed by atoms with Crippen LogP contribution in [0.2, 0.25) is 0 Å². The van der Waals surface area contributed by atoms with E-state index in [1.54, 1.807) is 0 Å². The van der Waals surface area contributed by atoms with E-state index < -0.39 is 0 Å². The maximum atomic E-state index is 4.23. The summed E-state index contributed by atoms with van der Waals surface area (Å²) in [6.45, 7) is 4.50. The molecule has 78 valence electrons. The minimum absolute atomic E-state index is 0.161. The number of rotatable bonds is 0. The van der Waals surface area contributed by atoms with Crippen molar-refractivity contribution in [1.82, 2.24) is 4.98 Å². The zero-order valence-electron chi connectivity index (χ0n) is 8.71. The van der Waals surface area contributed by atoms with E-state index in [2.05, 4.69) is 57.1 Å². The third kappa shape index (κ3) is 1.21. The molecule has 1 aromatic heterocycles. The van der Waals surface area contributed by atoms with Crippen LogP contribution in [0.3, 0.4) is 0 Å². The second-order valence-corrected chi connectivity index (χ2v) is 5.40. The van der Waals surface area contributed by atoms with Crippen molar-refractivity contribution in [2.24, 2.45) is 0 Å². The zero-order chi connectivity index (χ0) is 10.6. The normalized spacial score (nSPS) is 20.7. The Kier molecular flexibility index (Phi) is 1.69. The van der Waals surface area contributed by atoms with E-state index >= 15 is 0 Å². The summed E-state index contributed by atoms with van der Waals surface area (Å²) in [5.41, 5.74) is 2.47. The summed E-state index contributed by atoms with van der Waals surface area (Å²) in [7, 11) is 0. The van der Waals surface area contributed by atoms with Crippen LogP contribution in [0.5, 0.6) is 0 Å². The lowest BCUT2D eigenvalue weighted by atomic mass is 10.0. The van der Waals surface area contributed by atoms with Crippen molar-refractivity contribution in [2.45, 2.75) is 25.8 Å². The van der Waals surface area contributed by atoms with E-state index in [1.165, 1.54) is 11.5 Å². The van der Waals surface area contributed by atoms with Crippen LogP contribution in [-0.2, 0) is 0 Å². The first-order chi connectivity index (χ1) is 7.08. The van der Waals surface area contributed by atoms with E-state index in [1.807, 2.05) is 6.20 Å². The lowest BCUT2D eigenvalue weighted by Crippen LogP contribution is -2.37. The maximum absolute atomic E-state index is 4.23. The number of halogens is 1.